The molecule has 6 heteroatoms. The van der Waals surface area contributed by atoms with Gasteiger partial charge in [0.1, 0.15) is 17.9 Å². The van der Waals surface area contributed by atoms with Crippen molar-refractivity contribution in [1.29, 1.82) is 0 Å². The molecule has 1 aliphatic carbocycles. The van der Waals surface area contributed by atoms with Crippen molar-refractivity contribution < 1.29 is 9.53 Å². The van der Waals surface area contributed by atoms with E-state index in [0.717, 1.165) is 24.4 Å². The van der Waals surface area contributed by atoms with Crippen molar-refractivity contribution in [3.8, 4) is 5.75 Å². The minimum Gasteiger partial charge on any atom is -0.494 e. The molecule has 0 saturated heterocycles. The normalized spacial score (nSPS) is 15.2. The van der Waals surface area contributed by atoms with Crippen LogP contribution >= 0.6 is 0 Å². The Labute approximate surface area is 135 Å². The Balaban J connectivity index is 1.44. The number of rotatable bonds is 8. The molecule has 1 N–H and O–H groups in total. The molecular weight excluding hydrogens is 292 g/mol. The predicted octanol–water partition coefficient (Wildman–Crippen LogP) is 2.24. The van der Waals surface area contributed by atoms with Crippen LogP contribution in [-0.4, -0.2) is 27.3 Å². The first-order valence-electron chi connectivity index (χ1n) is 8.05. The van der Waals surface area contributed by atoms with Crippen LogP contribution in [0.4, 0.5) is 0 Å². The first kappa shape index (κ1) is 15.5. The lowest BCUT2D eigenvalue weighted by atomic mass is 10.1. The summed E-state index contributed by atoms with van der Waals surface area (Å²) in [4.78, 5) is 16.5. The van der Waals surface area contributed by atoms with Crippen LogP contribution in [0.15, 0.2) is 36.7 Å². The van der Waals surface area contributed by atoms with Crippen LogP contribution in [-0.2, 0) is 11.8 Å². The summed E-state index contributed by atoms with van der Waals surface area (Å²) in [5.74, 6) is 2.20. The molecular formula is C17H22N4O2. The van der Waals surface area contributed by atoms with Crippen LogP contribution in [0.5, 0.6) is 5.75 Å². The minimum atomic E-state index is -0.0231. The summed E-state index contributed by atoms with van der Waals surface area (Å²) in [6.07, 6.45) is 4.94. The zero-order valence-corrected chi connectivity index (χ0v) is 13.3. The zero-order valence-electron chi connectivity index (χ0n) is 13.3. The molecule has 1 aromatic heterocycles. The van der Waals surface area contributed by atoms with Gasteiger partial charge in [-0.15, -0.1) is 0 Å². The van der Waals surface area contributed by atoms with E-state index in [9.17, 15) is 4.79 Å². The molecule has 6 nitrogen and oxygen atoms in total. The Morgan fingerprint density at radius 1 is 1.39 bits per heavy atom. The molecule has 1 atom stereocenters. The molecule has 0 aliphatic heterocycles. The highest BCUT2D eigenvalue weighted by atomic mass is 16.5. The van der Waals surface area contributed by atoms with Gasteiger partial charge >= 0.3 is 0 Å². The largest absolute Gasteiger partial charge is 0.494 e. The molecule has 1 aliphatic rings. The van der Waals surface area contributed by atoms with Crippen molar-refractivity contribution >= 4 is 5.91 Å². The van der Waals surface area contributed by atoms with Crippen molar-refractivity contribution in [2.75, 3.05) is 6.61 Å². The Kier molecular flexibility index (Phi) is 4.90. The Bertz CT molecular complexity index is 637. The second kappa shape index (κ2) is 7.26. The van der Waals surface area contributed by atoms with E-state index in [1.807, 2.05) is 37.4 Å². The fourth-order valence-electron chi connectivity index (χ4n) is 2.59. The zero-order chi connectivity index (χ0) is 16.1. The second-order valence-electron chi connectivity index (χ2n) is 5.89. The highest BCUT2D eigenvalue weighted by Gasteiger charge is 2.35. The van der Waals surface area contributed by atoms with E-state index in [-0.39, 0.29) is 11.9 Å². The van der Waals surface area contributed by atoms with E-state index in [4.69, 9.17) is 4.74 Å². The smallest absolute Gasteiger partial charge is 0.220 e. The first-order chi connectivity index (χ1) is 11.2. The number of carbonyl (C=O) groups excluding carboxylic acids is 1. The van der Waals surface area contributed by atoms with E-state index < -0.39 is 0 Å². The summed E-state index contributed by atoms with van der Waals surface area (Å²) in [6.45, 7) is 0.537. The lowest BCUT2D eigenvalue weighted by Crippen LogP contribution is -2.31. The quantitative estimate of drug-likeness (QED) is 0.759. The van der Waals surface area contributed by atoms with Gasteiger partial charge < -0.3 is 10.1 Å². The molecule has 23 heavy (non-hydrogen) atoms. The number of hydrogen-bond acceptors (Lipinski definition) is 4. The molecule has 0 radical (unpaired) electrons. The number of aromatic nitrogens is 3. The van der Waals surface area contributed by atoms with Crippen LogP contribution in [0.1, 0.15) is 37.5 Å². The van der Waals surface area contributed by atoms with Crippen LogP contribution < -0.4 is 10.1 Å². The number of benzene rings is 1. The molecule has 3 rings (SSSR count). The van der Waals surface area contributed by atoms with Gasteiger partial charge in [0.2, 0.25) is 5.91 Å². The Morgan fingerprint density at radius 3 is 2.83 bits per heavy atom. The number of aryl methyl sites for hydroxylation is 1. The summed E-state index contributed by atoms with van der Waals surface area (Å²) in [5, 5.41) is 7.20. The average molecular weight is 314 g/mol. The number of carbonyl (C=O) groups is 1. The van der Waals surface area contributed by atoms with E-state index in [1.165, 1.54) is 6.33 Å². The maximum absolute atomic E-state index is 12.2. The average Bonchev–Trinajstić information content (AvgIpc) is 3.32. The van der Waals surface area contributed by atoms with Crippen LogP contribution in [0.2, 0.25) is 0 Å². The van der Waals surface area contributed by atoms with E-state index in [2.05, 4.69) is 15.4 Å². The highest BCUT2D eigenvalue weighted by Crippen LogP contribution is 2.40. The van der Waals surface area contributed by atoms with Crippen LogP contribution in [0, 0.1) is 5.92 Å². The van der Waals surface area contributed by atoms with Crippen molar-refractivity contribution in [3.63, 3.8) is 0 Å². The predicted molar refractivity (Wildman–Crippen MR) is 85.8 cm³/mol. The minimum absolute atomic E-state index is 0.0231. The molecule has 0 unspecified atom stereocenters. The summed E-state index contributed by atoms with van der Waals surface area (Å²) >= 11 is 0. The topological polar surface area (TPSA) is 69.0 Å². The van der Waals surface area contributed by atoms with Gasteiger partial charge in [-0.3, -0.25) is 9.48 Å². The SMILES string of the molecule is Cn1ncnc1[C@H](NC(=O)CCCOc1ccccc1)C1CC1. The van der Waals surface area contributed by atoms with Gasteiger partial charge in [-0.1, -0.05) is 18.2 Å². The lowest BCUT2D eigenvalue weighted by molar-refractivity contribution is -0.122. The molecule has 1 heterocycles. The monoisotopic (exact) mass is 314 g/mol. The molecule has 0 spiro atoms. The number of nitrogens with one attached hydrogen (secondary N) is 1. The highest BCUT2D eigenvalue weighted by molar-refractivity contribution is 5.76. The maximum atomic E-state index is 12.2. The third kappa shape index (κ3) is 4.31. The summed E-state index contributed by atoms with van der Waals surface area (Å²) in [6, 6.07) is 9.62. The van der Waals surface area contributed by atoms with Gasteiger partial charge in [-0.25, -0.2) is 4.98 Å². The van der Waals surface area contributed by atoms with Gasteiger partial charge in [0.25, 0.3) is 0 Å². The third-order valence-electron chi connectivity index (χ3n) is 3.99. The summed E-state index contributed by atoms with van der Waals surface area (Å²) in [7, 11) is 1.86. The number of para-hydroxylation sites is 1. The van der Waals surface area contributed by atoms with Crippen LogP contribution in [0.25, 0.3) is 0 Å². The van der Waals surface area contributed by atoms with E-state index >= 15 is 0 Å². The van der Waals surface area contributed by atoms with Crippen molar-refractivity contribution in [3.05, 3.63) is 42.5 Å². The van der Waals surface area contributed by atoms with Gasteiger partial charge in [0.05, 0.1) is 12.6 Å². The standard InChI is InChI=1S/C17H22N4O2/c1-21-17(18-12-19-21)16(13-9-10-13)20-15(22)8-5-11-23-14-6-3-2-4-7-14/h2-4,6-7,12-13,16H,5,8-11H2,1H3,(H,20,22)/t16-/m1/s1. The maximum Gasteiger partial charge on any atom is 0.220 e. The molecule has 1 fully saturated rings. The molecule has 2 aromatic rings. The summed E-state index contributed by atoms with van der Waals surface area (Å²) < 4.78 is 7.34. The van der Waals surface area contributed by atoms with Crippen LogP contribution in [0.3, 0.4) is 0 Å². The summed E-state index contributed by atoms with van der Waals surface area (Å²) in [5.41, 5.74) is 0. The number of amides is 1. The van der Waals surface area contributed by atoms with Crippen molar-refractivity contribution in [2.45, 2.75) is 31.7 Å². The first-order valence-corrected chi connectivity index (χ1v) is 8.05. The van der Waals surface area contributed by atoms with Gasteiger partial charge in [0.15, 0.2) is 0 Å². The Morgan fingerprint density at radius 2 is 2.17 bits per heavy atom. The second-order valence-corrected chi connectivity index (χ2v) is 5.89. The van der Waals surface area contributed by atoms with Gasteiger partial charge in [-0.05, 0) is 37.3 Å². The fourth-order valence-corrected chi connectivity index (χ4v) is 2.59. The van der Waals surface area contributed by atoms with Crippen molar-refractivity contribution in [2.24, 2.45) is 13.0 Å². The van der Waals surface area contributed by atoms with Gasteiger partial charge in [0, 0.05) is 13.5 Å². The van der Waals surface area contributed by atoms with Gasteiger partial charge in [-0.2, -0.15) is 5.10 Å². The molecule has 122 valence electrons. The molecule has 1 amide bonds. The number of hydrogen-bond donors (Lipinski definition) is 1. The fraction of sp³-hybridized carbons (Fsp3) is 0.471. The number of ether oxygens (including phenoxy) is 1. The number of nitrogens with zero attached hydrogens (tertiary/aromatic N) is 3. The van der Waals surface area contributed by atoms with E-state index in [1.54, 1.807) is 4.68 Å². The molecule has 0 bridgehead atoms. The van der Waals surface area contributed by atoms with E-state index in [0.29, 0.717) is 25.4 Å². The Hall–Kier alpha value is -2.37. The van der Waals surface area contributed by atoms with Crippen molar-refractivity contribution in [1.82, 2.24) is 20.1 Å². The lowest BCUT2D eigenvalue weighted by Gasteiger charge is -2.17. The molecule has 1 aromatic carbocycles. The third-order valence-corrected chi connectivity index (χ3v) is 3.99. The molecule has 1 saturated carbocycles.